The number of rotatable bonds is 7. The van der Waals surface area contributed by atoms with Gasteiger partial charge in [-0.25, -0.2) is 0 Å². The fourth-order valence-electron chi connectivity index (χ4n) is 2.09. The molecule has 6 heteroatoms. The predicted molar refractivity (Wildman–Crippen MR) is 81.4 cm³/mol. The highest BCUT2D eigenvalue weighted by molar-refractivity contribution is 6.31. The monoisotopic (exact) mass is 308 g/mol. The molecule has 1 unspecified atom stereocenters. The van der Waals surface area contributed by atoms with Crippen molar-refractivity contribution < 1.29 is 9.34 Å². The molecule has 0 saturated heterocycles. The van der Waals surface area contributed by atoms with Gasteiger partial charge in [0, 0.05) is 25.1 Å². The molecule has 0 saturated carbocycles. The normalized spacial score (nSPS) is 12.3. The maximum Gasteiger partial charge on any atom is 0.275 e. The quantitative estimate of drug-likeness (QED) is 0.621. The molecule has 0 aliphatic rings. The van der Waals surface area contributed by atoms with Crippen LogP contribution in [0.4, 0.5) is 5.69 Å². The van der Waals surface area contributed by atoms with Gasteiger partial charge in [0.15, 0.2) is 0 Å². The van der Waals surface area contributed by atoms with Gasteiger partial charge < -0.3 is 9.73 Å². The van der Waals surface area contributed by atoms with Gasteiger partial charge in [-0.15, -0.1) is 0 Å². The van der Waals surface area contributed by atoms with Crippen molar-refractivity contribution in [2.75, 3.05) is 0 Å². The number of nitrogens with one attached hydrogen (secondary N) is 1. The number of nitro groups is 1. The van der Waals surface area contributed by atoms with Crippen LogP contribution < -0.4 is 5.32 Å². The van der Waals surface area contributed by atoms with E-state index in [-0.39, 0.29) is 11.7 Å². The van der Waals surface area contributed by atoms with Crippen LogP contribution in [-0.4, -0.2) is 11.0 Å². The lowest BCUT2D eigenvalue weighted by atomic mass is 10.1. The molecule has 1 N–H and O–H groups in total. The van der Waals surface area contributed by atoms with E-state index in [1.165, 1.54) is 6.07 Å². The Hall–Kier alpha value is -1.85. The van der Waals surface area contributed by atoms with E-state index < -0.39 is 4.92 Å². The van der Waals surface area contributed by atoms with Crippen molar-refractivity contribution in [2.24, 2.45) is 0 Å². The molecule has 0 spiro atoms. The number of aryl methyl sites for hydroxylation is 1. The van der Waals surface area contributed by atoms with Crippen LogP contribution in [0.15, 0.2) is 41.0 Å². The summed E-state index contributed by atoms with van der Waals surface area (Å²) >= 11 is 6.06. The number of halogens is 1. The van der Waals surface area contributed by atoms with E-state index in [9.17, 15) is 10.1 Å². The number of hydrogen-bond acceptors (Lipinski definition) is 4. The molecule has 0 radical (unpaired) electrons. The zero-order chi connectivity index (χ0) is 15.2. The van der Waals surface area contributed by atoms with E-state index in [1.54, 1.807) is 18.4 Å². The average Bonchev–Trinajstić information content (AvgIpc) is 2.96. The molecule has 1 heterocycles. The summed E-state index contributed by atoms with van der Waals surface area (Å²) in [7, 11) is 0. The average molecular weight is 309 g/mol. The predicted octanol–water partition coefficient (Wildman–Crippen LogP) is 3.95. The van der Waals surface area contributed by atoms with Crippen LogP contribution in [0.3, 0.4) is 0 Å². The highest BCUT2D eigenvalue weighted by Gasteiger charge is 2.16. The van der Waals surface area contributed by atoms with Gasteiger partial charge >= 0.3 is 0 Å². The van der Waals surface area contributed by atoms with Crippen molar-refractivity contribution in [1.29, 1.82) is 0 Å². The Labute approximate surface area is 128 Å². The molecule has 5 nitrogen and oxygen atoms in total. The minimum Gasteiger partial charge on any atom is -0.469 e. The summed E-state index contributed by atoms with van der Waals surface area (Å²) < 4.78 is 5.28. The van der Waals surface area contributed by atoms with Crippen LogP contribution in [0.25, 0.3) is 0 Å². The van der Waals surface area contributed by atoms with E-state index >= 15 is 0 Å². The fraction of sp³-hybridized carbons (Fsp3) is 0.333. The van der Waals surface area contributed by atoms with Gasteiger partial charge in [-0.05, 0) is 31.5 Å². The number of benzene rings is 1. The van der Waals surface area contributed by atoms with Crippen molar-refractivity contribution in [2.45, 2.75) is 32.4 Å². The van der Waals surface area contributed by atoms with Crippen molar-refractivity contribution in [3.05, 3.63) is 63.1 Å². The Morgan fingerprint density at radius 2 is 2.19 bits per heavy atom. The highest BCUT2D eigenvalue weighted by atomic mass is 35.5. The van der Waals surface area contributed by atoms with Gasteiger partial charge in [0.1, 0.15) is 5.76 Å². The first-order chi connectivity index (χ1) is 10.1. The van der Waals surface area contributed by atoms with Gasteiger partial charge in [0.25, 0.3) is 5.69 Å². The summed E-state index contributed by atoms with van der Waals surface area (Å²) in [4.78, 5) is 10.6. The molecule has 1 aromatic carbocycles. The smallest absolute Gasteiger partial charge is 0.275 e. The third kappa shape index (κ3) is 4.31. The largest absolute Gasteiger partial charge is 0.469 e. The third-order valence-corrected chi connectivity index (χ3v) is 3.68. The lowest BCUT2D eigenvalue weighted by molar-refractivity contribution is -0.385. The van der Waals surface area contributed by atoms with E-state index in [0.29, 0.717) is 17.1 Å². The van der Waals surface area contributed by atoms with Crippen LogP contribution in [0, 0.1) is 10.1 Å². The van der Waals surface area contributed by atoms with E-state index in [1.807, 2.05) is 19.1 Å². The molecule has 1 aromatic heterocycles. The van der Waals surface area contributed by atoms with Crippen molar-refractivity contribution in [3.8, 4) is 0 Å². The summed E-state index contributed by atoms with van der Waals surface area (Å²) in [5.41, 5.74) is 0.572. The second kappa shape index (κ2) is 7.24. The van der Waals surface area contributed by atoms with E-state index in [0.717, 1.165) is 18.6 Å². The Kier molecular flexibility index (Phi) is 5.36. The topological polar surface area (TPSA) is 68.3 Å². The molecule has 2 aromatic rings. The highest BCUT2D eigenvalue weighted by Crippen LogP contribution is 2.26. The third-order valence-electron chi connectivity index (χ3n) is 3.32. The van der Waals surface area contributed by atoms with E-state index in [2.05, 4.69) is 5.32 Å². The van der Waals surface area contributed by atoms with Crippen LogP contribution in [-0.2, 0) is 13.0 Å². The zero-order valence-electron chi connectivity index (χ0n) is 11.7. The Balaban J connectivity index is 1.92. The van der Waals surface area contributed by atoms with Gasteiger partial charge in [0.05, 0.1) is 21.8 Å². The minimum atomic E-state index is -0.406. The maximum atomic E-state index is 11.0. The van der Waals surface area contributed by atoms with E-state index in [4.69, 9.17) is 16.0 Å². The second-order valence-electron chi connectivity index (χ2n) is 4.89. The number of nitro benzene ring substituents is 1. The summed E-state index contributed by atoms with van der Waals surface area (Å²) in [6, 6.07) is 8.72. The van der Waals surface area contributed by atoms with Crippen LogP contribution in [0.2, 0.25) is 5.02 Å². The SMILES string of the molecule is CC(CCc1ccco1)NCc1c(Cl)cccc1[N+](=O)[O-]. The Morgan fingerprint density at radius 1 is 1.38 bits per heavy atom. The van der Waals surface area contributed by atoms with Crippen LogP contribution in [0.1, 0.15) is 24.7 Å². The first kappa shape index (κ1) is 15.5. The lowest BCUT2D eigenvalue weighted by Crippen LogP contribution is -2.26. The molecule has 0 fully saturated rings. The maximum absolute atomic E-state index is 11.0. The van der Waals surface area contributed by atoms with Crippen molar-refractivity contribution in [1.82, 2.24) is 5.32 Å². The summed E-state index contributed by atoms with van der Waals surface area (Å²) in [6.45, 7) is 2.40. The summed E-state index contributed by atoms with van der Waals surface area (Å²) in [6.07, 6.45) is 3.36. The number of furan rings is 1. The molecule has 112 valence electrons. The molecule has 1 atom stereocenters. The molecular weight excluding hydrogens is 292 g/mol. The molecular formula is C15H17ClN2O3. The lowest BCUT2D eigenvalue weighted by Gasteiger charge is -2.14. The van der Waals surface area contributed by atoms with Crippen molar-refractivity contribution >= 4 is 17.3 Å². The molecule has 2 rings (SSSR count). The van der Waals surface area contributed by atoms with Crippen LogP contribution in [0.5, 0.6) is 0 Å². The van der Waals surface area contributed by atoms with Crippen LogP contribution >= 0.6 is 11.6 Å². The van der Waals surface area contributed by atoms with Gasteiger partial charge in [0.2, 0.25) is 0 Å². The van der Waals surface area contributed by atoms with Gasteiger partial charge in [-0.2, -0.15) is 0 Å². The van der Waals surface area contributed by atoms with Gasteiger partial charge in [-0.3, -0.25) is 10.1 Å². The second-order valence-corrected chi connectivity index (χ2v) is 5.30. The fourth-order valence-corrected chi connectivity index (χ4v) is 2.32. The Bertz CT molecular complexity index is 599. The standard InChI is InChI=1S/C15H17ClN2O3/c1-11(7-8-12-4-3-9-21-12)17-10-13-14(16)5-2-6-15(13)18(19)20/h2-6,9,11,17H,7-8,10H2,1H3. The minimum absolute atomic E-state index is 0.0493. The molecule has 21 heavy (non-hydrogen) atoms. The van der Waals surface area contributed by atoms with Gasteiger partial charge in [-0.1, -0.05) is 17.7 Å². The summed E-state index contributed by atoms with van der Waals surface area (Å²) in [5, 5.41) is 14.7. The first-order valence-corrected chi connectivity index (χ1v) is 7.13. The molecule has 0 amide bonds. The molecule has 0 aliphatic carbocycles. The molecule has 0 aliphatic heterocycles. The van der Waals surface area contributed by atoms with Crippen molar-refractivity contribution in [3.63, 3.8) is 0 Å². The molecule has 0 bridgehead atoms. The number of nitrogens with zero attached hydrogens (tertiary/aromatic N) is 1. The summed E-state index contributed by atoms with van der Waals surface area (Å²) in [5.74, 6) is 0.937. The zero-order valence-corrected chi connectivity index (χ0v) is 12.5. The Morgan fingerprint density at radius 3 is 2.86 bits per heavy atom. The number of hydrogen-bond donors (Lipinski definition) is 1. The first-order valence-electron chi connectivity index (χ1n) is 6.75.